The molecule has 0 aliphatic carbocycles. The van der Waals surface area contributed by atoms with E-state index in [1.807, 2.05) is 26.0 Å². The Morgan fingerprint density at radius 2 is 1.87 bits per heavy atom. The van der Waals surface area contributed by atoms with Crippen molar-refractivity contribution in [1.82, 2.24) is 0 Å². The normalized spacial score (nSPS) is 10.7. The van der Waals surface area contributed by atoms with E-state index in [2.05, 4.69) is 0 Å². The summed E-state index contributed by atoms with van der Waals surface area (Å²) in [5.41, 5.74) is 2.20. The predicted molar refractivity (Wildman–Crippen MR) is 88.3 cm³/mol. The van der Waals surface area contributed by atoms with Gasteiger partial charge in [0.2, 0.25) is 0 Å². The van der Waals surface area contributed by atoms with Crippen LogP contribution in [0, 0.1) is 19.7 Å². The number of phenols is 1. The molecule has 0 aromatic heterocycles. The molecule has 2 rings (SSSR count). The number of ether oxygens (including phenoxy) is 1. The summed E-state index contributed by atoms with van der Waals surface area (Å²) in [4.78, 5) is 12.4. The van der Waals surface area contributed by atoms with E-state index in [0.717, 1.165) is 5.56 Å². The number of phenolic OH excluding ortho intramolecular Hbond substituents is 1. The van der Waals surface area contributed by atoms with Gasteiger partial charge in [-0.1, -0.05) is 31.2 Å². The first-order valence-corrected chi connectivity index (χ1v) is 7.70. The smallest absolute Gasteiger partial charge is 0.342 e. The van der Waals surface area contributed by atoms with Crippen molar-refractivity contribution in [3.05, 3.63) is 52.3 Å². The maximum absolute atomic E-state index is 15.0. The van der Waals surface area contributed by atoms with E-state index in [1.165, 1.54) is 0 Å². The molecule has 0 spiro atoms. The third kappa shape index (κ3) is 2.93. The molecule has 4 heteroatoms. The monoisotopic (exact) mass is 316 g/mol. The quantitative estimate of drug-likeness (QED) is 0.841. The number of benzene rings is 2. The molecule has 0 atom stereocenters. The molecule has 0 amide bonds. The molecule has 0 heterocycles. The van der Waals surface area contributed by atoms with E-state index in [1.54, 1.807) is 26.0 Å². The van der Waals surface area contributed by atoms with Crippen molar-refractivity contribution < 1.29 is 19.0 Å². The fraction of sp³-hybridized carbons (Fsp3) is 0.316. The van der Waals surface area contributed by atoms with E-state index < -0.39 is 11.8 Å². The molecule has 2 aromatic carbocycles. The second kappa shape index (κ2) is 6.82. The lowest BCUT2D eigenvalue weighted by atomic mass is 9.89. The minimum atomic E-state index is -0.711. The van der Waals surface area contributed by atoms with Gasteiger partial charge in [0.15, 0.2) is 0 Å². The highest BCUT2D eigenvalue weighted by molar-refractivity contribution is 6.01. The maximum atomic E-state index is 15.0. The summed E-state index contributed by atoms with van der Waals surface area (Å²) in [6.45, 7) is 7.09. The Labute approximate surface area is 135 Å². The van der Waals surface area contributed by atoms with Gasteiger partial charge in [-0.3, -0.25) is 0 Å². The van der Waals surface area contributed by atoms with Crippen molar-refractivity contribution >= 4 is 5.97 Å². The van der Waals surface area contributed by atoms with Crippen LogP contribution >= 0.6 is 0 Å². The number of aryl methyl sites for hydroxylation is 1. The van der Waals surface area contributed by atoms with Gasteiger partial charge in [0.1, 0.15) is 17.1 Å². The Balaban J connectivity index is 2.89. The van der Waals surface area contributed by atoms with E-state index in [-0.39, 0.29) is 23.5 Å². The fourth-order valence-electron chi connectivity index (χ4n) is 2.82. The van der Waals surface area contributed by atoms with Gasteiger partial charge in [-0.2, -0.15) is 0 Å². The second-order valence-electron chi connectivity index (χ2n) is 5.41. The number of rotatable bonds is 4. The molecule has 23 heavy (non-hydrogen) atoms. The first-order valence-electron chi connectivity index (χ1n) is 7.70. The summed E-state index contributed by atoms with van der Waals surface area (Å²) in [5, 5.41) is 10.6. The van der Waals surface area contributed by atoms with Crippen LogP contribution in [0.5, 0.6) is 5.75 Å². The van der Waals surface area contributed by atoms with Gasteiger partial charge in [0, 0.05) is 11.1 Å². The van der Waals surface area contributed by atoms with Gasteiger partial charge >= 0.3 is 5.97 Å². The molecule has 3 nitrogen and oxygen atoms in total. The first-order chi connectivity index (χ1) is 10.9. The minimum Gasteiger partial charge on any atom is -0.507 e. The molecule has 0 saturated heterocycles. The van der Waals surface area contributed by atoms with Gasteiger partial charge in [-0.25, -0.2) is 9.18 Å². The number of carbonyl (C=O) groups is 1. The highest BCUT2D eigenvalue weighted by atomic mass is 19.1. The highest BCUT2D eigenvalue weighted by Gasteiger charge is 2.28. The number of hydrogen-bond donors (Lipinski definition) is 1. The van der Waals surface area contributed by atoms with E-state index in [0.29, 0.717) is 23.1 Å². The summed E-state index contributed by atoms with van der Waals surface area (Å²) in [6.07, 6.45) is 0.426. The number of esters is 1. The predicted octanol–water partition coefficient (Wildman–Crippen LogP) is 4.55. The zero-order valence-corrected chi connectivity index (χ0v) is 13.9. The Morgan fingerprint density at radius 1 is 1.22 bits per heavy atom. The lowest BCUT2D eigenvalue weighted by Crippen LogP contribution is -2.11. The van der Waals surface area contributed by atoms with Crippen LogP contribution in [0.1, 0.15) is 40.9 Å². The minimum absolute atomic E-state index is 0.0962. The Bertz CT molecular complexity index is 751. The van der Waals surface area contributed by atoms with Crippen molar-refractivity contribution in [2.24, 2.45) is 0 Å². The van der Waals surface area contributed by atoms with Gasteiger partial charge in [-0.15, -0.1) is 0 Å². The van der Waals surface area contributed by atoms with Crippen LogP contribution in [0.4, 0.5) is 4.39 Å². The van der Waals surface area contributed by atoms with Gasteiger partial charge in [0.25, 0.3) is 0 Å². The maximum Gasteiger partial charge on any atom is 0.342 e. The van der Waals surface area contributed by atoms with Crippen molar-refractivity contribution in [2.75, 3.05) is 6.61 Å². The molecular weight excluding hydrogens is 295 g/mol. The van der Waals surface area contributed by atoms with Gasteiger partial charge in [-0.05, 0) is 43.9 Å². The lowest BCUT2D eigenvalue weighted by Gasteiger charge is -2.18. The van der Waals surface area contributed by atoms with Crippen LogP contribution in [-0.4, -0.2) is 17.7 Å². The fourth-order valence-corrected chi connectivity index (χ4v) is 2.82. The molecule has 0 unspecified atom stereocenters. The largest absolute Gasteiger partial charge is 0.507 e. The van der Waals surface area contributed by atoms with Crippen LogP contribution in [0.15, 0.2) is 24.3 Å². The van der Waals surface area contributed by atoms with Crippen molar-refractivity contribution in [2.45, 2.75) is 34.1 Å². The van der Waals surface area contributed by atoms with E-state index in [4.69, 9.17) is 4.74 Å². The molecule has 2 aromatic rings. The lowest BCUT2D eigenvalue weighted by molar-refractivity contribution is 0.0523. The third-order valence-corrected chi connectivity index (χ3v) is 4.02. The molecule has 0 radical (unpaired) electrons. The SMILES string of the molecule is CCOC(=O)c1c(O)c(CC)c(C)c(F)c1-c1ccccc1C. The highest BCUT2D eigenvalue weighted by Crippen LogP contribution is 2.40. The summed E-state index contributed by atoms with van der Waals surface area (Å²) in [6, 6.07) is 7.19. The molecular formula is C19H21FO3. The van der Waals surface area contributed by atoms with Crippen LogP contribution in [0.25, 0.3) is 11.1 Å². The first kappa shape index (κ1) is 17.0. The number of carbonyl (C=O) groups excluding carboxylic acids is 1. The van der Waals surface area contributed by atoms with Crippen molar-refractivity contribution in [3.8, 4) is 16.9 Å². The van der Waals surface area contributed by atoms with Crippen molar-refractivity contribution in [3.63, 3.8) is 0 Å². The standard InChI is InChI=1S/C19H21FO3/c1-5-13-12(4)17(20)15(14-10-8-7-9-11(14)3)16(18(13)21)19(22)23-6-2/h7-10,21H,5-6H2,1-4H3. The Hall–Kier alpha value is -2.36. The van der Waals surface area contributed by atoms with E-state index >= 15 is 4.39 Å². The third-order valence-electron chi connectivity index (χ3n) is 4.02. The van der Waals surface area contributed by atoms with Crippen LogP contribution in [-0.2, 0) is 11.2 Å². The molecule has 0 bridgehead atoms. The van der Waals surface area contributed by atoms with Gasteiger partial charge in [0.05, 0.1) is 6.61 Å². The van der Waals surface area contributed by atoms with Crippen LogP contribution in [0.2, 0.25) is 0 Å². The number of halogens is 1. The Morgan fingerprint density at radius 3 is 2.43 bits per heavy atom. The van der Waals surface area contributed by atoms with Gasteiger partial charge < -0.3 is 9.84 Å². The molecule has 0 fully saturated rings. The number of aromatic hydroxyl groups is 1. The average molecular weight is 316 g/mol. The average Bonchev–Trinajstić information content (AvgIpc) is 2.52. The van der Waals surface area contributed by atoms with Crippen molar-refractivity contribution in [1.29, 1.82) is 0 Å². The van der Waals surface area contributed by atoms with Crippen LogP contribution < -0.4 is 0 Å². The molecule has 1 N–H and O–H groups in total. The topological polar surface area (TPSA) is 46.5 Å². The molecule has 0 aliphatic heterocycles. The molecule has 0 aliphatic rings. The summed E-state index contributed by atoms with van der Waals surface area (Å²) >= 11 is 0. The summed E-state index contributed by atoms with van der Waals surface area (Å²) in [5.74, 6) is -1.39. The van der Waals surface area contributed by atoms with Crippen LogP contribution in [0.3, 0.4) is 0 Å². The zero-order valence-electron chi connectivity index (χ0n) is 13.9. The second-order valence-corrected chi connectivity index (χ2v) is 5.41. The summed E-state index contributed by atoms with van der Waals surface area (Å²) < 4.78 is 20.1. The zero-order chi connectivity index (χ0) is 17.1. The Kier molecular flexibility index (Phi) is 5.04. The van der Waals surface area contributed by atoms with E-state index in [9.17, 15) is 9.90 Å². The molecule has 122 valence electrons. The number of hydrogen-bond acceptors (Lipinski definition) is 3. The summed E-state index contributed by atoms with van der Waals surface area (Å²) in [7, 11) is 0. The molecule has 0 saturated carbocycles.